The van der Waals surface area contributed by atoms with Crippen molar-refractivity contribution in [2.45, 2.75) is 11.8 Å². The van der Waals surface area contributed by atoms with Gasteiger partial charge in [0.25, 0.3) is 11.6 Å². The molecule has 0 radical (unpaired) electrons. The third kappa shape index (κ3) is 4.29. The van der Waals surface area contributed by atoms with Crippen molar-refractivity contribution in [2.75, 3.05) is 5.01 Å². The molecule has 0 unspecified atom stereocenters. The minimum atomic E-state index is -3.82. The number of benzene rings is 2. The fourth-order valence-corrected chi connectivity index (χ4v) is 4.04. The number of aromatic nitrogens is 1. The van der Waals surface area contributed by atoms with E-state index in [0.29, 0.717) is 17.1 Å². The van der Waals surface area contributed by atoms with Crippen LogP contribution in [0.25, 0.3) is 11.8 Å². The largest absolute Gasteiger partial charge is 0.317 e. The molecule has 0 spiro atoms. The minimum absolute atomic E-state index is 0.0222. The van der Waals surface area contributed by atoms with Crippen molar-refractivity contribution in [2.24, 2.45) is 10.2 Å². The van der Waals surface area contributed by atoms with Crippen LogP contribution in [0.3, 0.4) is 0 Å². The second-order valence-corrected chi connectivity index (χ2v) is 9.09. The Balaban J connectivity index is 1.71. The predicted molar refractivity (Wildman–Crippen MR) is 124 cm³/mol. The van der Waals surface area contributed by atoms with Crippen LogP contribution in [0, 0.1) is 10.1 Å². The van der Waals surface area contributed by atoms with E-state index in [1.165, 1.54) is 30.3 Å². The second kappa shape index (κ2) is 8.28. The zero-order valence-electron chi connectivity index (χ0n) is 17.0. The summed E-state index contributed by atoms with van der Waals surface area (Å²) in [5, 5.41) is 22.0. The Kier molecular flexibility index (Phi) is 5.62. The van der Waals surface area contributed by atoms with Gasteiger partial charge in [0.1, 0.15) is 5.69 Å². The number of sulfonamides is 1. The molecule has 0 aliphatic carbocycles. The summed E-state index contributed by atoms with van der Waals surface area (Å²) >= 11 is 5.99. The Bertz CT molecular complexity index is 1460. The topological polar surface area (TPSA) is 141 Å². The molecule has 4 rings (SSSR count). The van der Waals surface area contributed by atoms with Crippen molar-refractivity contribution < 1.29 is 18.1 Å². The molecule has 1 amide bonds. The average Bonchev–Trinajstić information content (AvgIpc) is 3.33. The summed E-state index contributed by atoms with van der Waals surface area (Å²) in [5.41, 5.74) is 1.52. The van der Waals surface area contributed by atoms with Gasteiger partial charge in [0, 0.05) is 28.7 Å². The number of carbonyl (C=O) groups excluding carboxylic acids is 1. The Morgan fingerprint density at radius 3 is 2.48 bits per heavy atom. The van der Waals surface area contributed by atoms with Crippen LogP contribution >= 0.6 is 11.6 Å². The number of primary sulfonamides is 1. The Morgan fingerprint density at radius 1 is 1.15 bits per heavy atom. The van der Waals surface area contributed by atoms with Crippen LogP contribution < -0.4 is 10.1 Å². The van der Waals surface area contributed by atoms with E-state index in [4.69, 9.17) is 16.7 Å². The summed E-state index contributed by atoms with van der Waals surface area (Å²) in [7, 11) is -3.82. The number of carbonyl (C=O) groups is 1. The van der Waals surface area contributed by atoms with E-state index in [2.05, 4.69) is 5.10 Å². The van der Waals surface area contributed by atoms with Gasteiger partial charge in [-0.2, -0.15) is 10.1 Å². The molecule has 0 atom stereocenters. The lowest BCUT2D eigenvalue weighted by Gasteiger charge is -2.12. The van der Waals surface area contributed by atoms with Gasteiger partial charge >= 0.3 is 0 Å². The number of rotatable bonds is 5. The number of nitro benzene ring substituents is 1. The number of nitro groups is 1. The Morgan fingerprint density at radius 2 is 1.85 bits per heavy atom. The van der Waals surface area contributed by atoms with E-state index < -0.39 is 20.9 Å². The lowest BCUT2D eigenvalue weighted by atomic mass is 10.1. The maximum Gasteiger partial charge on any atom is 0.295 e. The molecule has 10 nitrogen and oxygen atoms in total. The maximum absolute atomic E-state index is 13.1. The minimum Gasteiger partial charge on any atom is -0.317 e. The smallest absolute Gasteiger partial charge is 0.295 e. The standard InChI is InChI=1S/C21H16ClN5O5S/c1-13-18(21(28)26(24-13)20-11-14(22)4-9-19(20)27(29)30)12-16-3-2-10-25(16)15-5-7-17(8-6-15)33(23,31)32/h2-12H,1H3,(H2,23,31,32). The van der Waals surface area contributed by atoms with Crippen LogP contribution in [-0.2, 0) is 14.8 Å². The summed E-state index contributed by atoms with van der Waals surface area (Å²) in [6.45, 7) is 1.62. The number of nitrogens with zero attached hydrogens (tertiary/aromatic N) is 4. The lowest BCUT2D eigenvalue weighted by Crippen LogP contribution is -2.22. The van der Waals surface area contributed by atoms with Gasteiger partial charge in [-0.15, -0.1) is 0 Å². The predicted octanol–water partition coefficient (Wildman–Crippen LogP) is 3.49. The molecule has 168 valence electrons. The van der Waals surface area contributed by atoms with Gasteiger partial charge in [-0.1, -0.05) is 11.6 Å². The van der Waals surface area contributed by atoms with Crippen molar-refractivity contribution in [3.63, 3.8) is 0 Å². The molecule has 0 fully saturated rings. The fourth-order valence-electron chi connectivity index (χ4n) is 3.36. The summed E-state index contributed by atoms with van der Waals surface area (Å²) in [6.07, 6.45) is 3.34. The first-order valence-corrected chi connectivity index (χ1v) is 11.3. The fraction of sp³-hybridized carbons (Fsp3) is 0.0476. The summed E-state index contributed by atoms with van der Waals surface area (Å²) in [4.78, 5) is 23.9. The van der Waals surface area contributed by atoms with E-state index >= 15 is 0 Å². The molecule has 1 aromatic heterocycles. The number of halogens is 1. The third-order valence-electron chi connectivity index (χ3n) is 4.94. The number of anilines is 1. The molecular formula is C21H16ClN5O5S. The molecule has 0 bridgehead atoms. The van der Waals surface area contributed by atoms with Crippen molar-refractivity contribution in [1.29, 1.82) is 0 Å². The van der Waals surface area contributed by atoms with E-state index in [1.807, 2.05) is 0 Å². The van der Waals surface area contributed by atoms with Gasteiger partial charge in [0.2, 0.25) is 10.0 Å². The molecule has 0 saturated heterocycles. The lowest BCUT2D eigenvalue weighted by molar-refractivity contribution is -0.384. The molecule has 2 aromatic carbocycles. The molecule has 3 aromatic rings. The highest BCUT2D eigenvalue weighted by Crippen LogP contribution is 2.35. The van der Waals surface area contributed by atoms with Crippen LogP contribution in [0.4, 0.5) is 11.4 Å². The van der Waals surface area contributed by atoms with Crippen LogP contribution in [0.2, 0.25) is 5.02 Å². The van der Waals surface area contributed by atoms with Crippen LogP contribution in [0.15, 0.2) is 76.4 Å². The molecular weight excluding hydrogens is 470 g/mol. The van der Waals surface area contributed by atoms with E-state index in [0.717, 1.165) is 5.01 Å². The number of hydrogen-bond acceptors (Lipinski definition) is 6. The summed E-state index contributed by atoms with van der Waals surface area (Å²) in [5.74, 6) is -0.546. The molecule has 2 heterocycles. The second-order valence-electron chi connectivity index (χ2n) is 7.09. The maximum atomic E-state index is 13.1. The van der Waals surface area contributed by atoms with Crippen molar-refractivity contribution in [1.82, 2.24) is 4.57 Å². The molecule has 1 aliphatic rings. The first-order valence-electron chi connectivity index (χ1n) is 9.42. The van der Waals surface area contributed by atoms with Crippen molar-refractivity contribution in [3.8, 4) is 5.69 Å². The van der Waals surface area contributed by atoms with Crippen LogP contribution in [-0.4, -0.2) is 29.5 Å². The quantitative estimate of drug-likeness (QED) is 0.334. The molecule has 1 aliphatic heterocycles. The van der Waals surface area contributed by atoms with Crippen LogP contribution in [0.5, 0.6) is 0 Å². The zero-order valence-corrected chi connectivity index (χ0v) is 18.6. The van der Waals surface area contributed by atoms with Gasteiger partial charge in [0.15, 0.2) is 0 Å². The van der Waals surface area contributed by atoms with E-state index in [-0.39, 0.29) is 26.9 Å². The molecule has 0 saturated carbocycles. The SMILES string of the molecule is CC1=NN(c2cc(Cl)ccc2[N+](=O)[O-])C(=O)C1=Cc1cccn1-c1ccc(S(N)(=O)=O)cc1. The zero-order chi connectivity index (χ0) is 23.9. The highest BCUT2D eigenvalue weighted by Gasteiger charge is 2.33. The number of hydrazone groups is 1. The number of nitrogens with two attached hydrogens (primary N) is 1. The normalized spacial score (nSPS) is 15.2. The first kappa shape index (κ1) is 22.4. The highest BCUT2D eigenvalue weighted by molar-refractivity contribution is 7.89. The highest BCUT2D eigenvalue weighted by atomic mass is 35.5. The third-order valence-corrected chi connectivity index (χ3v) is 6.11. The Hall–Kier alpha value is -3.80. The van der Waals surface area contributed by atoms with Gasteiger partial charge < -0.3 is 4.57 Å². The van der Waals surface area contributed by atoms with E-state index in [1.54, 1.807) is 48.0 Å². The molecule has 2 N–H and O–H groups in total. The monoisotopic (exact) mass is 485 g/mol. The van der Waals surface area contributed by atoms with Gasteiger partial charge in [-0.3, -0.25) is 14.9 Å². The number of amides is 1. The average molecular weight is 486 g/mol. The van der Waals surface area contributed by atoms with Crippen molar-refractivity contribution in [3.05, 3.63) is 87.2 Å². The Labute approximate surface area is 193 Å². The first-order chi connectivity index (χ1) is 15.6. The van der Waals surface area contributed by atoms with Crippen molar-refractivity contribution >= 4 is 50.7 Å². The molecule has 33 heavy (non-hydrogen) atoms. The van der Waals surface area contributed by atoms with Crippen LogP contribution in [0.1, 0.15) is 12.6 Å². The molecule has 12 heteroatoms. The van der Waals surface area contributed by atoms with Gasteiger partial charge in [-0.25, -0.2) is 13.6 Å². The van der Waals surface area contributed by atoms with Gasteiger partial charge in [-0.05, 0) is 61.5 Å². The summed E-state index contributed by atoms with van der Waals surface area (Å²) in [6, 6.07) is 13.3. The van der Waals surface area contributed by atoms with E-state index in [9.17, 15) is 23.3 Å². The van der Waals surface area contributed by atoms with Gasteiger partial charge in [0.05, 0.1) is 21.1 Å². The number of hydrogen-bond donors (Lipinski definition) is 1. The summed E-state index contributed by atoms with van der Waals surface area (Å²) < 4.78 is 24.7.